The molecule has 3 aromatic rings. The molecule has 5 heteroatoms. The van der Waals surface area contributed by atoms with Crippen LogP contribution in [0.5, 0.6) is 0 Å². The van der Waals surface area contributed by atoms with E-state index in [9.17, 15) is 9.59 Å². The zero-order valence-corrected chi connectivity index (χ0v) is 19.7. The third kappa shape index (κ3) is 6.25. The Kier molecular flexibility index (Phi) is 7.97. The highest BCUT2D eigenvalue weighted by atomic mass is 16.2. The summed E-state index contributed by atoms with van der Waals surface area (Å²) < 4.78 is 0. The average Bonchev–Trinajstić information content (AvgIpc) is 2.89. The Bertz CT molecular complexity index is 1080. The largest absolute Gasteiger partial charge is 0.371 e. The Balaban J connectivity index is 1.30. The van der Waals surface area contributed by atoms with Crippen molar-refractivity contribution in [3.05, 3.63) is 102 Å². The molecule has 176 valence electrons. The number of para-hydroxylation sites is 1. The molecule has 0 spiro atoms. The number of aryl methyl sites for hydroxylation is 1. The third-order valence-electron chi connectivity index (χ3n) is 6.48. The Morgan fingerprint density at radius 2 is 1.50 bits per heavy atom. The van der Waals surface area contributed by atoms with Crippen molar-refractivity contribution in [2.75, 3.05) is 18.0 Å². The summed E-state index contributed by atoms with van der Waals surface area (Å²) in [5.74, 6) is 0.0419. The molecule has 1 saturated heterocycles. The lowest BCUT2D eigenvalue weighted by molar-refractivity contribution is -0.121. The Morgan fingerprint density at radius 1 is 0.882 bits per heavy atom. The second-order valence-electron chi connectivity index (χ2n) is 8.94. The number of carbonyl (C=O) groups is 2. The summed E-state index contributed by atoms with van der Waals surface area (Å²) in [7, 11) is 0. The zero-order valence-electron chi connectivity index (χ0n) is 19.7. The van der Waals surface area contributed by atoms with E-state index >= 15 is 0 Å². The second-order valence-corrected chi connectivity index (χ2v) is 8.94. The minimum absolute atomic E-state index is 0.0664. The van der Waals surface area contributed by atoms with Gasteiger partial charge in [0.2, 0.25) is 5.91 Å². The molecule has 1 fully saturated rings. The molecule has 1 atom stereocenters. The van der Waals surface area contributed by atoms with E-state index in [-0.39, 0.29) is 23.9 Å². The summed E-state index contributed by atoms with van der Waals surface area (Å²) in [6.07, 6.45) is 3.00. The van der Waals surface area contributed by atoms with Crippen LogP contribution in [0.25, 0.3) is 0 Å². The highest BCUT2D eigenvalue weighted by Gasteiger charge is 2.24. The minimum atomic E-state index is -0.0707. The number of hydrogen-bond donors (Lipinski definition) is 2. The molecule has 1 aliphatic heterocycles. The van der Waals surface area contributed by atoms with E-state index in [0.29, 0.717) is 12.0 Å². The van der Waals surface area contributed by atoms with Gasteiger partial charge < -0.3 is 15.5 Å². The van der Waals surface area contributed by atoms with Gasteiger partial charge in [-0.15, -0.1) is 0 Å². The van der Waals surface area contributed by atoms with E-state index in [2.05, 4.69) is 27.7 Å². The topological polar surface area (TPSA) is 61.4 Å². The quantitative estimate of drug-likeness (QED) is 0.508. The fraction of sp³-hybridized carbons (Fsp3) is 0.310. The SMILES string of the molecule is CC(NC(=O)c1ccccc1N1CCC(NC(=O)CCc2ccccc2)CC1)c1ccccc1. The molecule has 3 aromatic carbocycles. The lowest BCUT2D eigenvalue weighted by Gasteiger charge is -2.35. The smallest absolute Gasteiger partial charge is 0.253 e. The van der Waals surface area contributed by atoms with E-state index < -0.39 is 0 Å². The first-order chi connectivity index (χ1) is 16.6. The molecule has 0 bridgehead atoms. The molecule has 5 nitrogen and oxygen atoms in total. The predicted octanol–water partition coefficient (Wildman–Crippen LogP) is 4.90. The third-order valence-corrected chi connectivity index (χ3v) is 6.48. The average molecular weight is 456 g/mol. The van der Waals surface area contributed by atoms with Crippen molar-refractivity contribution in [1.82, 2.24) is 10.6 Å². The van der Waals surface area contributed by atoms with Gasteiger partial charge in [0, 0.05) is 31.2 Å². The minimum Gasteiger partial charge on any atom is -0.371 e. The molecule has 1 heterocycles. The molecule has 4 rings (SSSR count). The summed E-state index contributed by atoms with van der Waals surface area (Å²) in [5.41, 5.74) is 3.91. The summed E-state index contributed by atoms with van der Waals surface area (Å²) in [4.78, 5) is 27.8. The van der Waals surface area contributed by atoms with Gasteiger partial charge in [0.15, 0.2) is 0 Å². The molecular weight excluding hydrogens is 422 g/mol. The molecule has 1 aliphatic rings. The predicted molar refractivity (Wildman–Crippen MR) is 137 cm³/mol. The molecule has 0 aromatic heterocycles. The van der Waals surface area contributed by atoms with Gasteiger partial charge in [-0.05, 0) is 49.4 Å². The van der Waals surface area contributed by atoms with Gasteiger partial charge >= 0.3 is 0 Å². The number of nitrogens with one attached hydrogen (secondary N) is 2. The number of nitrogens with zero attached hydrogens (tertiary/aromatic N) is 1. The Labute approximate surface area is 202 Å². The van der Waals surface area contributed by atoms with Gasteiger partial charge in [-0.3, -0.25) is 9.59 Å². The van der Waals surface area contributed by atoms with Gasteiger partial charge in [0.05, 0.1) is 11.6 Å². The normalized spacial score (nSPS) is 14.9. The number of rotatable bonds is 8. The number of anilines is 1. The highest BCUT2D eigenvalue weighted by Crippen LogP contribution is 2.25. The van der Waals surface area contributed by atoms with Crippen LogP contribution in [0.1, 0.15) is 53.7 Å². The van der Waals surface area contributed by atoms with Crippen molar-refractivity contribution < 1.29 is 9.59 Å². The summed E-state index contributed by atoms with van der Waals surface area (Å²) in [5, 5.41) is 6.33. The van der Waals surface area contributed by atoms with Crippen LogP contribution >= 0.6 is 0 Å². The number of carbonyl (C=O) groups excluding carboxylic acids is 2. The van der Waals surface area contributed by atoms with Crippen LogP contribution in [0, 0.1) is 0 Å². The van der Waals surface area contributed by atoms with Gasteiger partial charge in [-0.25, -0.2) is 0 Å². The number of hydrogen-bond acceptors (Lipinski definition) is 3. The first-order valence-corrected chi connectivity index (χ1v) is 12.1. The van der Waals surface area contributed by atoms with Crippen LogP contribution in [0.4, 0.5) is 5.69 Å². The van der Waals surface area contributed by atoms with Crippen LogP contribution < -0.4 is 15.5 Å². The van der Waals surface area contributed by atoms with Gasteiger partial charge in [-0.2, -0.15) is 0 Å². The van der Waals surface area contributed by atoms with Gasteiger partial charge in [0.1, 0.15) is 0 Å². The number of piperidine rings is 1. The first kappa shape index (κ1) is 23.6. The van der Waals surface area contributed by atoms with Crippen molar-refractivity contribution in [3.8, 4) is 0 Å². The number of benzene rings is 3. The highest BCUT2D eigenvalue weighted by molar-refractivity contribution is 6.00. The van der Waals surface area contributed by atoms with Crippen LogP contribution in [-0.4, -0.2) is 30.9 Å². The van der Waals surface area contributed by atoms with E-state index in [1.165, 1.54) is 5.56 Å². The van der Waals surface area contributed by atoms with Crippen LogP contribution in [0.2, 0.25) is 0 Å². The van der Waals surface area contributed by atoms with Crippen LogP contribution in [-0.2, 0) is 11.2 Å². The molecule has 1 unspecified atom stereocenters. The van der Waals surface area contributed by atoms with Crippen molar-refractivity contribution in [2.45, 2.75) is 44.7 Å². The molecule has 2 N–H and O–H groups in total. The van der Waals surface area contributed by atoms with Crippen LogP contribution in [0.3, 0.4) is 0 Å². The Morgan fingerprint density at radius 3 is 2.21 bits per heavy atom. The summed E-state index contributed by atoms with van der Waals surface area (Å²) >= 11 is 0. The molecule has 34 heavy (non-hydrogen) atoms. The van der Waals surface area contributed by atoms with Crippen molar-refractivity contribution in [3.63, 3.8) is 0 Å². The summed E-state index contributed by atoms with van der Waals surface area (Å²) in [6.45, 7) is 3.62. The van der Waals surface area contributed by atoms with Gasteiger partial charge in [-0.1, -0.05) is 72.8 Å². The van der Waals surface area contributed by atoms with E-state index in [0.717, 1.165) is 43.6 Å². The van der Waals surface area contributed by atoms with Crippen molar-refractivity contribution in [2.24, 2.45) is 0 Å². The lowest BCUT2D eigenvalue weighted by atomic mass is 10.0. The maximum absolute atomic E-state index is 13.1. The molecule has 0 radical (unpaired) electrons. The maximum atomic E-state index is 13.1. The first-order valence-electron chi connectivity index (χ1n) is 12.1. The van der Waals surface area contributed by atoms with Gasteiger partial charge in [0.25, 0.3) is 5.91 Å². The monoisotopic (exact) mass is 455 g/mol. The zero-order chi connectivity index (χ0) is 23.8. The molecule has 0 saturated carbocycles. The maximum Gasteiger partial charge on any atom is 0.253 e. The van der Waals surface area contributed by atoms with E-state index in [4.69, 9.17) is 0 Å². The van der Waals surface area contributed by atoms with Crippen molar-refractivity contribution >= 4 is 17.5 Å². The van der Waals surface area contributed by atoms with E-state index in [1.807, 2.05) is 79.7 Å². The van der Waals surface area contributed by atoms with Crippen molar-refractivity contribution in [1.29, 1.82) is 0 Å². The second kappa shape index (κ2) is 11.5. The standard InChI is InChI=1S/C29H33N3O2/c1-22(24-12-6-3-7-13-24)30-29(34)26-14-8-9-15-27(26)32-20-18-25(19-21-32)31-28(33)17-16-23-10-4-2-5-11-23/h2-15,22,25H,16-21H2,1H3,(H,30,34)(H,31,33). The fourth-order valence-electron chi connectivity index (χ4n) is 4.51. The van der Waals surface area contributed by atoms with Crippen LogP contribution in [0.15, 0.2) is 84.9 Å². The molecular formula is C29H33N3O2. The molecule has 0 aliphatic carbocycles. The lowest BCUT2D eigenvalue weighted by Crippen LogP contribution is -2.45. The summed E-state index contributed by atoms with van der Waals surface area (Å²) in [6, 6.07) is 28.0. The fourth-order valence-corrected chi connectivity index (χ4v) is 4.51. The van der Waals surface area contributed by atoms with E-state index in [1.54, 1.807) is 0 Å². The number of amides is 2. The Hall–Kier alpha value is -3.60. The molecule has 2 amide bonds.